The fourth-order valence-corrected chi connectivity index (χ4v) is 3.04. The molecular formula is C24H20ClNO4. The number of ketones is 1. The summed E-state index contributed by atoms with van der Waals surface area (Å²) in [7, 11) is 0. The van der Waals surface area contributed by atoms with Gasteiger partial charge in [-0.2, -0.15) is 0 Å². The van der Waals surface area contributed by atoms with E-state index in [4.69, 9.17) is 16.3 Å². The minimum atomic E-state index is -1.14. The highest BCUT2D eigenvalue weighted by Crippen LogP contribution is 2.26. The Bertz CT molecular complexity index is 1080. The van der Waals surface area contributed by atoms with E-state index in [2.05, 4.69) is 5.32 Å². The molecular weight excluding hydrogens is 402 g/mol. The third-order valence-corrected chi connectivity index (χ3v) is 4.73. The Morgan fingerprint density at radius 1 is 0.900 bits per heavy atom. The molecule has 1 N–H and O–H groups in total. The van der Waals surface area contributed by atoms with Crippen molar-refractivity contribution < 1.29 is 19.1 Å². The Hall–Kier alpha value is -3.44. The SMILES string of the molecule is CC(=O)Nc1cc(C(=O)O[C@H](C(=O)c2ccccc2)c2ccc(Cl)cc2)ccc1C. The number of ether oxygens (including phenoxy) is 1. The van der Waals surface area contributed by atoms with E-state index in [9.17, 15) is 14.4 Å². The van der Waals surface area contributed by atoms with Gasteiger partial charge in [0.05, 0.1) is 5.56 Å². The molecule has 0 aliphatic rings. The number of hydrogen-bond donors (Lipinski definition) is 1. The first-order valence-electron chi connectivity index (χ1n) is 9.29. The number of aryl methyl sites for hydroxylation is 1. The molecule has 0 heterocycles. The monoisotopic (exact) mass is 421 g/mol. The van der Waals surface area contributed by atoms with Crippen molar-refractivity contribution in [3.8, 4) is 0 Å². The molecule has 0 saturated heterocycles. The predicted octanol–water partition coefficient (Wildman–Crippen LogP) is 5.39. The lowest BCUT2D eigenvalue weighted by molar-refractivity contribution is -0.114. The van der Waals surface area contributed by atoms with Crippen molar-refractivity contribution in [3.63, 3.8) is 0 Å². The Labute approximate surface area is 179 Å². The Kier molecular flexibility index (Phi) is 6.65. The maximum absolute atomic E-state index is 13.1. The number of anilines is 1. The molecule has 0 aliphatic heterocycles. The molecule has 1 atom stereocenters. The summed E-state index contributed by atoms with van der Waals surface area (Å²) in [6, 6.07) is 20.0. The highest BCUT2D eigenvalue weighted by molar-refractivity contribution is 6.30. The van der Waals surface area contributed by atoms with Crippen molar-refractivity contribution in [2.45, 2.75) is 20.0 Å². The van der Waals surface area contributed by atoms with Crippen LogP contribution in [0.4, 0.5) is 5.69 Å². The summed E-state index contributed by atoms with van der Waals surface area (Å²) < 4.78 is 5.63. The zero-order valence-electron chi connectivity index (χ0n) is 16.5. The molecule has 5 nitrogen and oxygen atoms in total. The topological polar surface area (TPSA) is 72.5 Å². The fraction of sp³-hybridized carbons (Fsp3) is 0.125. The zero-order valence-corrected chi connectivity index (χ0v) is 17.3. The molecule has 3 aromatic rings. The first kappa shape index (κ1) is 21.3. The lowest BCUT2D eigenvalue weighted by atomic mass is 9.99. The van der Waals surface area contributed by atoms with Gasteiger partial charge in [0.25, 0.3) is 0 Å². The Morgan fingerprint density at radius 2 is 1.57 bits per heavy atom. The van der Waals surface area contributed by atoms with Gasteiger partial charge in [0.2, 0.25) is 11.7 Å². The standard InChI is InChI=1S/C24H20ClNO4/c1-15-8-9-19(14-21(15)26-16(2)27)24(29)30-23(18-10-12-20(25)13-11-18)22(28)17-6-4-3-5-7-17/h3-14,23H,1-2H3,(H,26,27)/t23-/m0/s1. The van der Waals surface area contributed by atoms with Crippen LogP contribution < -0.4 is 5.32 Å². The van der Waals surface area contributed by atoms with Crippen LogP contribution in [0, 0.1) is 6.92 Å². The highest BCUT2D eigenvalue weighted by atomic mass is 35.5. The van der Waals surface area contributed by atoms with Gasteiger partial charge in [-0.05, 0) is 36.8 Å². The van der Waals surface area contributed by atoms with Crippen molar-refractivity contribution in [1.29, 1.82) is 0 Å². The summed E-state index contributed by atoms with van der Waals surface area (Å²) >= 11 is 5.96. The number of benzene rings is 3. The molecule has 3 aromatic carbocycles. The molecule has 0 bridgehead atoms. The second-order valence-corrected chi connectivity index (χ2v) is 7.21. The van der Waals surface area contributed by atoms with Crippen LogP contribution in [0.2, 0.25) is 5.02 Å². The number of halogens is 1. The van der Waals surface area contributed by atoms with Crippen LogP contribution >= 0.6 is 11.6 Å². The van der Waals surface area contributed by atoms with Gasteiger partial charge in [-0.1, -0.05) is 60.1 Å². The van der Waals surface area contributed by atoms with Crippen molar-refractivity contribution in [1.82, 2.24) is 0 Å². The van der Waals surface area contributed by atoms with E-state index in [0.29, 0.717) is 21.8 Å². The van der Waals surface area contributed by atoms with E-state index in [1.165, 1.54) is 13.0 Å². The molecule has 30 heavy (non-hydrogen) atoms. The third kappa shape index (κ3) is 5.13. The lowest BCUT2D eigenvalue weighted by Crippen LogP contribution is -2.20. The van der Waals surface area contributed by atoms with E-state index in [1.54, 1.807) is 66.7 Å². The average molecular weight is 422 g/mol. The van der Waals surface area contributed by atoms with Gasteiger partial charge in [0.1, 0.15) is 0 Å². The van der Waals surface area contributed by atoms with Crippen LogP contribution in [0.5, 0.6) is 0 Å². The smallest absolute Gasteiger partial charge is 0.339 e. The molecule has 152 valence electrons. The number of amides is 1. The van der Waals surface area contributed by atoms with E-state index in [1.807, 2.05) is 6.92 Å². The lowest BCUT2D eigenvalue weighted by Gasteiger charge is -2.18. The van der Waals surface area contributed by atoms with Gasteiger partial charge >= 0.3 is 5.97 Å². The maximum Gasteiger partial charge on any atom is 0.339 e. The normalized spacial score (nSPS) is 11.4. The minimum absolute atomic E-state index is 0.226. The van der Waals surface area contributed by atoms with Gasteiger partial charge in [0, 0.05) is 28.8 Å². The highest BCUT2D eigenvalue weighted by Gasteiger charge is 2.27. The van der Waals surface area contributed by atoms with E-state index >= 15 is 0 Å². The molecule has 0 radical (unpaired) electrons. The van der Waals surface area contributed by atoms with Gasteiger partial charge < -0.3 is 10.1 Å². The van der Waals surface area contributed by atoms with E-state index < -0.39 is 12.1 Å². The summed E-state index contributed by atoms with van der Waals surface area (Å²) in [5.41, 5.74) is 2.47. The Morgan fingerprint density at radius 3 is 2.20 bits per heavy atom. The maximum atomic E-state index is 13.1. The van der Waals surface area contributed by atoms with Crippen molar-refractivity contribution in [2.75, 3.05) is 5.32 Å². The molecule has 0 fully saturated rings. The number of nitrogens with one attached hydrogen (secondary N) is 1. The summed E-state index contributed by atoms with van der Waals surface area (Å²) in [6.45, 7) is 3.20. The molecule has 0 saturated carbocycles. The van der Waals surface area contributed by atoms with Crippen LogP contribution in [0.3, 0.4) is 0 Å². The van der Waals surface area contributed by atoms with Gasteiger partial charge in [-0.15, -0.1) is 0 Å². The van der Waals surface area contributed by atoms with Crippen LogP contribution in [0.25, 0.3) is 0 Å². The van der Waals surface area contributed by atoms with E-state index in [-0.39, 0.29) is 17.3 Å². The molecule has 0 aromatic heterocycles. The molecule has 0 aliphatic carbocycles. The number of esters is 1. The summed E-state index contributed by atoms with van der Waals surface area (Å²) in [4.78, 5) is 37.4. The molecule has 1 amide bonds. The third-order valence-electron chi connectivity index (χ3n) is 4.48. The van der Waals surface area contributed by atoms with Crippen LogP contribution in [0.1, 0.15) is 44.9 Å². The van der Waals surface area contributed by atoms with Crippen LogP contribution in [0.15, 0.2) is 72.8 Å². The van der Waals surface area contributed by atoms with Gasteiger partial charge in [-0.25, -0.2) is 4.79 Å². The number of rotatable bonds is 6. The predicted molar refractivity (Wildman–Crippen MR) is 116 cm³/mol. The molecule has 0 unspecified atom stereocenters. The molecule has 0 spiro atoms. The largest absolute Gasteiger partial charge is 0.445 e. The molecule has 3 rings (SSSR count). The molecule has 6 heteroatoms. The number of hydrogen-bond acceptors (Lipinski definition) is 4. The number of Topliss-reactive ketones (excluding diaryl/α,β-unsaturated/α-hetero) is 1. The summed E-state index contributed by atoms with van der Waals surface area (Å²) in [5, 5.41) is 3.19. The van der Waals surface area contributed by atoms with Crippen molar-refractivity contribution in [3.05, 3.63) is 100 Å². The second kappa shape index (κ2) is 9.37. The minimum Gasteiger partial charge on any atom is -0.445 e. The van der Waals surface area contributed by atoms with Crippen molar-refractivity contribution in [2.24, 2.45) is 0 Å². The van der Waals surface area contributed by atoms with Crippen molar-refractivity contribution >= 4 is 34.9 Å². The van der Waals surface area contributed by atoms with Crippen LogP contribution in [-0.4, -0.2) is 17.7 Å². The quantitative estimate of drug-likeness (QED) is 0.428. The van der Waals surface area contributed by atoms with Crippen LogP contribution in [-0.2, 0) is 9.53 Å². The second-order valence-electron chi connectivity index (χ2n) is 6.78. The Balaban J connectivity index is 1.93. The first-order valence-corrected chi connectivity index (χ1v) is 9.67. The number of carbonyl (C=O) groups excluding carboxylic acids is 3. The van der Waals surface area contributed by atoms with Gasteiger partial charge in [0.15, 0.2) is 6.10 Å². The van der Waals surface area contributed by atoms with Gasteiger partial charge in [-0.3, -0.25) is 9.59 Å². The summed E-state index contributed by atoms with van der Waals surface area (Å²) in [5.74, 6) is -1.27. The zero-order chi connectivity index (χ0) is 21.7. The first-order chi connectivity index (χ1) is 14.3. The summed E-state index contributed by atoms with van der Waals surface area (Å²) in [6.07, 6.45) is -1.14. The fourth-order valence-electron chi connectivity index (χ4n) is 2.91. The average Bonchev–Trinajstić information content (AvgIpc) is 2.74. The van der Waals surface area contributed by atoms with E-state index in [0.717, 1.165) is 5.56 Å². The number of carbonyl (C=O) groups is 3.